The van der Waals surface area contributed by atoms with Gasteiger partial charge in [-0.2, -0.15) is 13.2 Å². The zero-order chi connectivity index (χ0) is 20.0. The monoisotopic (exact) mass is 419 g/mol. The molecule has 0 N–H and O–H groups in total. The van der Waals surface area contributed by atoms with Crippen LogP contribution in [-0.2, 0) is 5.41 Å². The fraction of sp³-hybridized carbons (Fsp3) is 0.353. The first kappa shape index (κ1) is 19.7. The molecule has 1 fully saturated rings. The van der Waals surface area contributed by atoms with E-state index in [0.717, 1.165) is 0 Å². The second kappa shape index (κ2) is 6.83. The quantitative estimate of drug-likeness (QED) is 0.499. The maximum absolute atomic E-state index is 14.1. The number of alkyl halides is 3. The molecule has 10 heteroatoms. The molecule has 3 rings (SSSR count). The largest absolute Gasteiger partial charge is 0.400 e. The lowest BCUT2D eigenvalue weighted by molar-refractivity contribution is -0.385. The Morgan fingerprint density at radius 3 is 2.37 bits per heavy atom. The zero-order valence-corrected chi connectivity index (χ0v) is 15.6. The molecule has 1 atom stereocenters. The Bertz CT molecular complexity index is 887. The van der Waals surface area contributed by atoms with Gasteiger partial charge in [0.25, 0.3) is 5.69 Å². The first-order valence-electron chi connectivity index (χ1n) is 7.94. The van der Waals surface area contributed by atoms with Gasteiger partial charge in [0.05, 0.1) is 4.92 Å². The third-order valence-electron chi connectivity index (χ3n) is 4.79. The van der Waals surface area contributed by atoms with E-state index in [-0.39, 0.29) is 52.3 Å². The fourth-order valence-electron chi connectivity index (χ4n) is 3.38. The molecule has 1 unspecified atom stereocenters. The molecule has 0 aliphatic carbocycles. The predicted molar refractivity (Wildman–Crippen MR) is 96.7 cm³/mol. The van der Waals surface area contributed by atoms with Crippen molar-refractivity contribution in [3.63, 3.8) is 0 Å². The summed E-state index contributed by atoms with van der Waals surface area (Å²) < 4.78 is 42.2. The fourth-order valence-corrected chi connectivity index (χ4v) is 3.90. The summed E-state index contributed by atoms with van der Waals surface area (Å²) in [5.41, 5.74) is -2.19. The van der Waals surface area contributed by atoms with Gasteiger partial charge in [-0.15, -0.1) is 0 Å². The van der Waals surface area contributed by atoms with E-state index in [1.807, 2.05) is 0 Å². The van der Waals surface area contributed by atoms with Crippen LogP contribution in [0.2, 0.25) is 10.0 Å². The molecule has 1 aliphatic heterocycles. The molecule has 144 valence electrons. The number of aryl methyl sites for hydroxylation is 1. The highest BCUT2D eigenvalue weighted by molar-refractivity contribution is 6.34. The Balaban J connectivity index is 2.01. The molecule has 0 saturated carbocycles. The maximum atomic E-state index is 14.1. The molecule has 0 amide bonds. The SMILES string of the molecule is Cc1nc(N2CCC(c3cc(Cl)cc(Cl)c3)(C(F)(F)F)C2)ccc1[N+](=O)[O-]. The van der Waals surface area contributed by atoms with Crippen LogP contribution in [0, 0.1) is 17.0 Å². The summed E-state index contributed by atoms with van der Waals surface area (Å²) in [7, 11) is 0. The maximum Gasteiger partial charge on any atom is 0.400 e. The van der Waals surface area contributed by atoms with Crippen molar-refractivity contribution in [1.82, 2.24) is 4.98 Å². The minimum Gasteiger partial charge on any atom is -0.355 e. The van der Waals surface area contributed by atoms with Crippen molar-refractivity contribution in [2.24, 2.45) is 0 Å². The highest BCUT2D eigenvalue weighted by Gasteiger charge is 2.59. The first-order valence-corrected chi connectivity index (χ1v) is 8.69. The molecule has 0 radical (unpaired) electrons. The normalized spacial score (nSPS) is 20.1. The summed E-state index contributed by atoms with van der Waals surface area (Å²) in [5, 5.41) is 11.2. The number of aromatic nitrogens is 1. The van der Waals surface area contributed by atoms with Crippen LogP contribution in [0.1, 0.15) is 17.7 Å². The van der Waals surface area contributed by atoms with Gasteiger partial charge in [0, 0.05) is 29.2 Å². The van der Waals surface area contributed by atoms with E-state index in [0.29, 0.717) is 0 Å². The van der Waals surface area contributed by atoms with Crippen LogP contribution in [0.25, 0.3) is 0 Å². The number of nitro groups is 1. The van der Waals surface area contributed by atoms with Gasteiger partial charge < -0.3 is 4.90 Å². The number of hydrogen-bond acceptors (Lipinski definition) is 4. The molecule has 1 saturated heterocycles. The molecule has 1 aromatic heterocycles. The Labute approximate surface area is 162 Å². The van der Waals surface area contributed by atoms with Crippen LogP contribution in [0.5, 0.6) is 0 Å². The van der Waals surface area contributed by atoms with Crippen LogP contribution in [0.4, 0.5) is 24.7 Å². The van der Waals surface area contributed by atoms with E-state index < -0.39 is 16.5 Å². The van der Waals surface area contributed by atoms with Crippen molar-refractivity contribution in [3.05, 3.63) is 61.7 Å². The highest BCUT2D eigenvalue weighted by atomic mass is 35.5. The lowest BCUT2D eigenvalue weighted by Crippen LogP contribution is -2.45. The number of rotatable bonds is 3. The van der Waals surface area contributed by atoms with Gasteiger partial charge in [0.1, 0.15) is 16.9 Å². The van der Waals surface area contributed by atoms with Gasteiger partial charge in [-0.05, 0) is 43.2 Å². The number of anilines is 1. The lowest BCUT2D eigenvalue weighted by atomic mass is 9.79. The van der Waals surface area contributed by atoms with E-state index >= 15 is 0 Å². The minimum absolute atomic E-state index is 0.00589. The van der Waals surface area contributed by atoms with Crippen LogP contribution < -0.4 is 4.90 Å². The second-order valence-corrected chi connectivity index (χ2v) is 7.31. The molecule has 1 aliphatic rings. The number of nitrogens with zero attached hydrogens (tertiary/aromatic N) is 3. The second-order valence-electron chi connectivity index (χ2n) is 6.44. The van der Waals surface area contributed by atoms with E-state index in [4.69, 9.17) is 23.2 Å². The number of benzene rings is 1. The molecule has 1 aromatic carbocycles. The van der Waals surface area contributed by atoms with Crippen molar-refractivity contribution in [3.8, 4) is 0 Å². The topological polar surface area (TPSA) is 59.3 Å². The summed E-state index contributed by atoms with van der Waals surface area (Å²) in [6, 6.07) is 6.55. The van der Waals surface area contributed by atoms with E-state index in [1.54, 1.807) is 0 Å². The van der Waals surface area contributed by atoms with Crippen LogP contribution in [-0.4, -0.2) is 29.2 Å². The van der Waals surface area contributed by atoms with E-state index in [2.05, 4.69) is 4.98 Å². The predicted octanol–water partition coefficient (Wildman–Crippen LogP) is 5.32. The minimum atomic E-state index is -4.54. The van der Waals surface area contributed by atoms with Crippen molar-refractivity contribution >= 4 is 34.7 Å². The third kappa shape index (κ3) is 3.55. The van der Waals surface area contributed by atoms with Crippen molar-refractivity contribution in [2.75, 3.05) is 18.0 Å². The molecular formula is C17H14Cl2F3N3O2. The van der Waals surface area contributed by atoms with E-state index in [1.165, 1.54) is 42.2 Å². The van der Waals surface area contributed by atoms with Gasteiger partial charge in [-0.25, -0.2) is 4.98 Å². The Morgan fingerprint density at radius 1 is 1.22 bits per heavy atom. The highest BCUT2D eigenvalue weighted by Crippen LogP contribution is 2.49. The van der Waals surface area contributed by atoms with Gasteiger partial charge in [-0.1, -0.05) is 23.2 Å². The van der Waals surface area contributed by atoms with Crippen LogP contribution in [0.3, 0.4) is 0 Å². The Morgan fingerprint density at radius 2 is 1.85 bits per heavy atom. The lowest BCUT2D eigenvalue weighted by Gasteiger charge is -2.32. The van der Waals surface area contributed by atoms with Crippen molar-refractivity contribution in [1.29, 1.82) is 0 Å². The third-order valence-corrected chi connectivity index (χ3v) is 5.23. The first-order chi connectivity index (χ1) is 12.5. The summed E-state index contributed by atoms with van der Waals surface area (Å²) >= 11 is 11.8. The number of hydrogen-bond donors (Lipinski definition) is 0. The Kier molecular flexibility index (Phi) is 4.98. The number of pyridine rings is 1. The van der Waals surface area contributed by atoms with Crippen molar-refractivity contribution < 1.29 is 18.1 Å². The summed E-state index contributed by atoms with van der Waals surface area (Å²) in [5.74, 6) is 0.261. The Hall–Kier alpha value is -2.06. The summed E-state index contributed by atoms with van der Waals surface area (Å²) in [4.78, 5) is 15.9. The molecule has 2 heterocycles. The van der Waals surface area contributed by atoms with Gasteiger partial charge >= 0.3 is 6.18 Å². The smallest absolute Gasteiger partial charge is 0.355 e. The summed E-state index contributed by atoms with van der Waals surface area (Å²) in [6.45, 7) is 1.16. The van der Waals surface area contributed by atoms with Crippen LogP contribution in [0.15, 0.2) is 30.3 Å². The number of halogens is 5. The molecular weight excluding hydrogens is 406 g/mol. The zero-order valence-electron chi connectivity index (χ0n) is 14.1. The molecule has 27 heavy (non-hydrogen) atoms. The molecule has 2 aromatic rings. The molecule has 5 nitrogen and oxygen atoms in total. The average Bonchev–Trinajstić information content (AvgIpc) is 3.00. The van der Waals surface area contributed by atoms with Gasteiger partial charge in [-0.3, -0.25) is 10.1 Å². The molecule has 0 spiro atoms. The molecule has 0 bridgehead atoms. The standard InChI is InChI=1S/C17H14Cl2F3N3O2/c1-10-14(25(26)27)2-3-15(23-10)24-5-4-16(9-24,17(20,21)22)11-6-12(18)8-13(19)7-11/h2-3,6-8H,4-5,9H2,1H3. The van der Waals surface area contributed by atoms with Gasteiger partial charge in [0.15, 0.2) is 0 Å². The average molecular weight is 420 g/mol. The van der Waals surface area contributed by atoms with Crippen LogP contribution >= 0.6 is 23.2 Å². The van der Waals surface area contributed by atoms with E-state index in [9.17, 15) is 23.3 Å². The van der Waals surface area contributed by atoms with Gasteiger partial charge in [0.2, 0.25) is 0 Å². The van der Waals surface area contributed by atoms with Crippen molar-refractivity contribution in [2.45, 2.75) is 24.9 Å². The summed E-state index contributed by atoms with van der Waals surface area (Å²) in [6.07, 6.45) is -4.74.